The van der Waals surface area contributed by atoms with E-state index in [1.807, 2.05) is 0 Å². The second kappa shape index (κ2) is 5.19. The number of halogens is 1. The number of sulfonamides is 1. The lowest BCUT2D eigenvalue weighted by molar-refractivity contribution is 0.171. The standard InChI is InChI=1S/C11H11BrN4O4S/c1-16-11(10(12)13-15-16)21(17,18)14-7-2-3-8-9(6-7)20-5-4-19-8/h2-3,6,14H,4-5H2,1H3. The first kappa shape index (κ1) is 14.1. The molecule has 1 aromatic carbocycles. The highest BCUT2D eigenvalue weighted by Crippen LogP contribution is 2.33. The Kier molecular flexibility index (Phi) is 3.49. The summed E-state index contributed by atoms with van der Waals surface area (Å²) < 4.78 is 39.3. The summed E-state index contributed by atoms with van der Waals surface area (Å²) in [5.41, 5.74) is 0.368. The number of rotatable bonds is 3. The lowest BCUT2D eigenvalue weighted by Crippen LogP contribution is -2.18. The van der Waals surface area contributed by atoms with E-state index in [2.05, 4.69) is 31.0 Å². The van der Waals surface area contributed by atoms with Gasteiger partial charge in [0, 0.05) is 13.1 Å². The van der Waals surface area contributed by atoms with Crippen LogP contribution in [0.5, 0.6) is 11.5 Å². The molecular formula is C11H11BrN4O4S. The van der Waals surface area contributed by atoms with Gasteiger partial charge in [-0.15, -0.1) is 5.10 Å². The molecule has 0 unspecified atom stereocenters. The van der Waals surface area contributed by atoms with Crippen molar-refractivity contribution in [3.8, 4) is 11.5 Å². The maximum Gasteiger partial charge on any atom is 0.281 e. The molecule has 0 saturated carbocycles. The molecule has 10 heteroatoms. The van der Waals surface area contributed by atoms with E-state index in [1.165, 1.54) is 11.7 Å². The summed E-state index contributed by atoms with van der Waals surface area (Å²) in [7, 11) is -2.32. The second-order valence-electron chi connectivity index (χ2n) is 4.27. The minimum atomic E-state index is -3.81. The number of hydrogen-bond acceptors (Lipinski definition) is 6. The van der Waals surface area contributed by atoms with Gasteiger partial charge in [0.05, 0.1) is 5.69 Å². The second-order valence-corrected chi connectivity index (χ2v) is 6.62. The topological polar surface area (TPSA) is 95.3 Å². The Labute approximate surface area is 129 Å². The third-order valence-corrected chi connectivity index (χ3v) is 5.05. The minimum absolute atomic E-state index is 0.0580. The number of aromatic nitrogens is 3. The lowest BCUT2D eigenvalue weighted by atomic mass is 10.3. The van der Waals surface area contributed by atoms with Gasteiger partial charge in [0.2, 0.25) is 5.03 Å². The molecule has 1 aromatic heterocycles. The molecule has 0 radical (unpaired) electrons. The lowest BCUT2D eigenvalue weighted by Gasteiger charge is -2.19. The van der Waals surface area contributed by atoms with Crippen LogP contribution in [0.15, 0.2) is 27.8 Å². The first-order valence-corrected chi connectivity index (χ1v) is 8.22. The quantitative estimate of drug-likeness (QED) is 0.865. The largest absolute Gasteiger partial charge is 0.486 e. The van der Waals surface area contributed by atoms with Crippen molar-refractivity contribution in [1.82, 2.24) is 15.0 Å². The molecule has 112 valence electrons. The van der Waals surface area contributed by atoms with Gasteiger partial charge in [-0.25, -0.2) is 4.68 Å². The molecule has 21 heavy (non-hydrogen) atoms. The van der Waals surface area contributed by atoms with Crippen LogP contribution in [0.1, 0.15) is 0 Å². The van der Waals surface area contributed by atoms with E-state index >= 15 is 0 Å². The first-order valence-electron chi connectivity index (χ1n) is 5.95. The molecule has 0 atom stereocenters. The molecule has 1 aliphatic heterocycles. The predicted molar refractivity (Wildman–Crippen MR) is 76.9 cm³/mol. The van der Waals surface area contributed by atoms with Gasteiger partial charge < -0.3 is 9.47 Å². The molecule has 0 amide bonds. The Morgan fingerprint density at radius 3 is 2.67 bits per heavy atom. The Hall–Kier alpha value is -1.81. The van der Waals surface area contributed by atoms with Crippen molar-refractivity contribution in [2.45, 2.75) is 5.03 Å². The number of nitrogens with zero attached hydrogens (tertiary/aromatic N) is 3. The van der Waals surface area contributed by atoms with Crippen LogP contribution < -0.4 is 14.2 Å². The smallest absolute Gasteiger partial charge is 0.281 e. The zero-order valence-electron chi connectivity index (χ0n) is 10.9. The fraction of sp³-hybridized carbons (Fsp3) is 0.273. The molecule has 0 aliphatic carbocycles. The SMILES string of the molecule is Cn1nnc(Br)c1S(=O)(=O)Nc1ccc2c(c1)OCCO2. The Balaban J connectivity index is 1.93. The number of hydrogen-bond donors (Lipinski definition) is 1. The highest BCUT2D eigenvalue weighted by molar-refractivity contribution is 9.10. The highest BCUT2D eigenvalue weighted by Gasteiger charge is 2.24. The van der Waals surface area contributed by atoms with Gasteiger partial charge in [0.15, 0.2) is 16.1 Å². The molecular weight excluding hydrogens is 364 g/mol. The first-order chi connectivity index (χ1) is 9.97. The van der Waals surface area contributed by atoms with Gasteiger partial charge in [-0.05, 0) is 28.1 Å². The Bertz CT molecular complexity index is 770. The van der Waals surface area contributed by atoms with E-state index in [4.69, 9.17) is 9.47 Å². The molecule has 3 rings (SSSR count). The monoisotopic (exact) mass is 374 g/mol. The molecule has 1 aliphatic rings. The maximum atomic E-state index is 12.4. The van der Waals surface area contributed by atoms with E-state index in [0.29, 0.717) is 30.4 Å². The van der Waals surface area contributed by atoms with E-state index in [1.54, 1.807) is 18.2 Å². The van der Waals surface area contributed by atoms with Crippen LogP contribution in [0.3, 0.4) is 0 Å². The fourth-order valence-electron chi connectivity index (χ4n) is 1.92. The van der Waals surface area contributed by atoms with E-state index in [9.17, 15) is 8.42 Å². The molecule has 1 N–H and O–H groups in total. The number of benzene rings is 1. The van der Waals surface area contributed by atoms with E-state index in [-0.39, 0.29) is 9.63 Å². The third-order valence-electron chi connectivity index (χ3n) is 2.79. The van der Waals surface area contributed by atoms with Crippen LogP contribution in [0, 0.1) is 0 Å². The number of aryl methyl sites for hydroxylation is 1. The summed E-state index contributed by atoms with van der Waals surface area (Å²) in [6, 6.07) is 4.83. The summed E-state index contributed by atoms with van der Waals surface area (Å²) >= 11 is 3.07. The van der Waals surface area contributed by atoms with Gasteiger partial charge in [-0.2, -0.15) is 8.42 Å². The number of nitrogens with one attached hydrogen (secondary N) is 1. The summed E-state index contributed by atoms with van der Waals surface area (Å²) in [5, 5.41) is 7.25. The van der Waals surface area contributed by atoms with Crippen LogP contribution in [-0.2, 0) is 17.1 Å². The summed E-state index contributed by atoms with van der Waals surface area (Å²) in [5.74, 6) is 1.09. The normalized spacial score (nSPS) is 14.0. The molecule has 2 heterocycles. The number of ether oxygens (including phenoxy) is 2. The van der Waals surface area contributed by atoms with Crippen molar-refractivity contribution in [2.75, 3.05) is 17.9 Å². The van der Waals surface area contributed by atoms with Crippen LogP contribution in [0.2, 0.25) is 0 Å². The van der Waals surface area contributed by atoms with Crippen LogP contribution in [-0.4, -0.2) is 36.6 Å². The van der Waals surface area contributed by atoms with Gasteiger partial charge in [0.1, 0.15) is 13.2 Å². The van der Waals surface area contributed by atoms with Crippen molar-refractivity contribution in [2.24, 2.45) is 7.05 Å². The van der Waals surface area contributed by atoms with Gasteiger partial charge in [-0.1, -0.05) is 5.21 Å². The average Bonchev–Trinajstić information content (AvgIpc) is 2.78. The molecule has 8 nitrogen and oxygen atoms in total. The summed E-state index contributed by atoms with van der Waals surface area (Å²) in [6.07, 6.45) is 0. The van der Waals surface area contributed by atoms with Crippen molar-refractivity contribution in [3.05, 3.63) is 22.8 Å². The molecule has 0 fully saturated rings. The summed E-state index contributed by atoms with van der Waals surface area (Å²) in [4.78, 5) is 0. The molecule has 0 bridgehead atoms. The fourth-order valence-corrected chi connectivity index (χ4v) is 4.07. The van der Waals surface area contributed by atoms with Crippen LogP contribution in [0.25, 0.3) is 0 Å². The maximum absolute atomic E-state index is 12.4. The molecule has 0 spiro atoms. The number of anilines is 1. The zero-order valence-corrected chi connectivity index (χ0v) is 13.3. The van der Waals surface area contributed by atoms with Gasteiger partial charge in [-0.3, -0.25) is 4.72 Å². The average molecular weight is 375 g/mol. The highest BCUT2D eigenvalue weighted by atomic mass is 79.9. The zero-order chi connectivity index (χ0) is 15.0. The minimum Gasteiger partial charge on any atom is -0.486 e. The van der Waals surface area contributed by atoms with E-state index in [0.717, 1.165) is 0 Å². The molecule has 2 aromatic rings. The van der Waals surface area contributed by atoms with Crippen molar-refractivity contribution >= 4 is 31.6 Å². The van der Waals surface area contributed by atoms with Crippen molar-refractivity contribution < 1.29 is 17.9 Å². The van der Waals surface area contributed by atoms with Crippen molar-refractivity contribution in [1.29, 1.82) is 0 Å². The summed E-state index contributed by atoms with van der Waals surface area (Å²) in [6.45, 7) is 0.909. The Morgan fingerprint density at radius 1 is 1.29 bits per heavy atom. The van der Waals surface area contributed by atoms with Crippen LogP contribution >= 0.6 is 15.9 Å². The van der Waals surface area contributed by atoms with Gasteiger partial charge >= 0.3 is 0 Å². The van der Waals surface area contributed by atoms with E-state index < -0.39 is 10.0 Å². The van der Waals surface area contributed by atoms with Crippen LogP contribution in [0.4, 0.5) is 5.69 Å². The number of fused-ring (bicyclic) bond motifs is 1. The predicted octanol–water partition coefficient (Wildman–Crippen LogP) is 1.15. The van der Waals surface area contributed by atoms with Gasteiger partial charge in [0.25, 0.3) is 10.0 Å². The Morgan fingerprint density at radius 2 is 2.00 bits per heavy atom. The van der Waals surface area contributed by atoms with Crippen molar-refractivity contribution in [3.63, 3.8) is 0 Å². The molecule has 0 saturated heterocycles. The third kappa shape index (κ3) is 2.68.